The maximum atomic E-state index is 12.8. The number of halogens is 3. The first-order valence-corrected chi connectivity index (χ1v) is 32.8. The molecule has 0 aliphatic rings. The third-order valence-electron chi connectivity index (χ3n) is 12.3. The Bertz CT molecular complexity index is 2680. The van der Waals surface area contributed by atoms with Crippen molar-refractivity contribution in [3.8, 4) is 0 Å². The fraction of sp³-hybridized carbons (Fsp3) is 0.627. The van der Waals surface area contributed by atoms with E-state index in [0.717, 1.165) is 17.8 Å². The number of aryl methyl sites for hydroxylation is 2. The number of hydrogen-bond acceptors (Lipinski definition) is 19. The molecule has 2 radical (unpaired) electrons. The standard InChI is InChI=1S/C23H36ClNO7S.C14H26O4.C10H13NO3S.C6H9ClO2.C5H8O2.CH4.B2H2PS.ClH.V/c1-6-23(4,17-22(2,3)20(26)31-5)21(27)32-15-9-11-18(24)19-12-7-8-13-25(19)14-10-16-33(28,29)30;1-7-9-18-12(16)14(5,8-2)10-13(3,4)11(15)17-6;1-2-10-6-3-4-7-11(10)8-5-9-15(12,13)14;1-5(2)6(8)9-4-3-7;1-4(2)5(6)7-3;;3-1-2-4;;/h7-8,12-13,18H,6,9-11,14-17H2,1-5H3;7-10H2,1-6H3;2-4,6-7H,1,5,8-9H2;1,3-4H2,2H3;1H2,2-3H3;1H4;3H2;1H;. The number of methoxy groups -OCH3 is 3. The molecule has 0 fully saturated rings. The number of carbonyl (C=O) groups excluding carboxylic acids is 6. The number of aromatic nitrogens is 2. The maximum Gasteiger partial charge on any atom is 0 e. The third-order valence-corrected chi connectivity index (χ3v) is 15.1. The van der Waals surface area contributed by atoms with Gasteiger partial charge in [-0.25, -0.2) is 31.0 Å². The molecule has 30 heteroatoms. The molecule has 2 heterocycles. The zero-order valence-electron chi connectivity index (χ0n) is 53.7. The second-order valence-corrected chi connectivity index (χ2v) is 25.7. The molecule has 0 amide bonds. The van der Waals surface area contributed by atoms with Gasteiger partial charge in [-0.15, -0.1) is 35.6 Å². The number of hydrogen-bond donors (Lipinski definition) is 0. The Morgan fingerprint density at radius 3 is 1.43 bits per heavy atom. The van der Waals surface area contributed by atoms with Crippen molar-refractivity contribution in [2.24, 2.45) is 21.7 Å². The van der Waals surface area contributed by atoms with E-state index in [1.807, 2.05) is 79.4 Å². The van der Waals surface area contributed by atoms with Gasteiger partial charge in [0.25, 0.3) is 0 Å². The smallest absolute Gasteiger partial charge is 0 e. The summed E-state index contributed by atoms with van der Waals surface area (Å²) >= 11 is 16.2. The number of rotatable bonds is 31. The summed E-state index contributed by atoms with van der Waals surface area (Å²) in [6.07, 6.45) is 9.58. The van der Waals surface area contributed by atoms with E-state index in [2.05, 4.69) is 50.4 Å². The largest absolute Gasteiger partial charge is 0 e. The molecule has 0 aromatic carbocycles. The van der Waals surface area contributed by atoms with Crippen molar-refractivity contribution in [3.05, 3.63) is 91.1 Å². The van der Waals surface area contributed by atoms with Crippen LogP contribution in [0.2, 0.25) is 0 Å². The van der Waals surface area contributed by atoms with Crippen LogP contribution in [0.25, 0.3) is 6.08 Å². The van der Waals surface area contributed by atoms with E-state index in [1.165, 1.54) is 21.3 Å². The predicted octanol–water partition coefficient (Wildman–Crippen LogP) is 10.4. The van der Waals surface area contributed by atoms with Crippen molar-refractivity contribution >= 4 is 132 Å². The maximum absolute atomic E-state index is 12.8. The topological polar surface area (TPSA) is 280 Å². The van der Waals surface area contributed by atoms with E-state index in [-0.39, 0.29) is 105 Å². The van der Waals surface area contributed by atoms with Crippen molar-refractivity contribution < 1.29 is 111 Å². The molecule has 2 aromatic rings. The van der Waals surface area contributed by atoms with Crippen LogP contribution in [0, 0.1) is 21.7 Å². The molecule has 4 unspecified atom stereocenters. The summed E-state index contributed by atoms with van der Waals surface area (Å²) in [6.45, 7) is 33.5. The van der Waals surface area contributed by atoms with Gasteiger partial charge < -0.3 is 37.5 Å². The average molecular weight is 1430 g/mol. The average Bonchev–Trinajstić information content (AvgIpc) is 1.53. The fourth-order valence-electron chi connectivity index (χ4n) is 7.56. The second-order valence-electron chi connectivity index (χ2n) is 21.1. The van der Waals surface area contributed by atoms with Crippen molar-refractivity contribution in [1.82, 2.24) is 0 Å². The van der Waals surface area contributed by atoms with Gasteiger partial charge in [0.05, 0.1) is 82.3 Å². The predicted molar refractivity (Wildman–Crippen MR) is 355 cm³/mol. The Balaban J connectivity index is -0.000000203. The minimum absolute atomic E-state index is 0. The first-order chi connectivity index (χ1) is 39.8. The molecule has 4 atom stereocenters. The zero-order chi connectivity index (χ0) is 67.5. The summed E-state index contributed by atoms with van der Waals surface area (Å²) < 4.78 is 96.6. The molecule has 89 heavy (non-hydrogen) atoms. The molecular formula is C59H99B2Cl3N2O18PS3V. The van der Waals surface area contributed by atoms with Gasteiger partial charge in [-0.1, -0.05) is 54.0 Å². The number of alkyl halides is 2. The van der Waals surface area contributed by atoms with E-state index in [1.54, 1.807) is 73.7 Å². The molecular weight excluding hydrogens is 1330 g/mol. The van der Waals surface area contributed by atoms with Gasteiger partial charge in [0.2, 0.25) is 5.69 Å². The van der Waals surface area contributed by atoms with Crippen LogP contribution in [-0.4, -0.2) is 133 Å². The molecule has 0 aliphatic carbocycles. The van der Waals surface area contributed by atoms with Gasteiger partial charge in [0.1, 0.15) is 25.1 Å². The fourth-order valence-corrected chi connectivity index (χ4v) is 8.95. The van der Waals surface area contributed by atoms with Gasteiger partial charge in [-0.05, 0) is 106 Å². The molecule has 0 saturated carbocycles. The SMILES string of the molecule is C.C=C(C)C(=O)OC.C=C(C)C(=O)OCCCl.C=Cc1cccc[n+]1CCCS(=O)(=O)[O-].CCC(C)(CC(C)(C)C(=O)OC)C(=O)OCCCC(Cl)c1cccc[n+]1CCCS(=O)(=O)[O-].CCCOC(=O)C(C)(CC)CC(C)(C)C(=O)OC.Cl.P[B]B=S.[V]. The van der Waals surface area contributed by atoms with Crippen LogP contribution in [0.3, 0.4) is 0 Å². The van der Waals surface area contributed by atoms with Crippen molar-refractivity contribution in [2.45, 2.75) is 160 Å². The first-order valence-electron chi connectivity index (χ1n) is 27.5. The van der Waals surface area contributed by atoms with E-state index in [9.17, 15) is 54.7 Å². The number of pyridine rings is 2. The van der Waals surface area contributed by atoms with E-state index in [0.29, 0.717) is 81.7 Å². The van der Waals surface area contributed by atoms with Crippen LogP contribution in [-0.2, 0) is 109 Å². The van der Waals surface area contributed by atoms with Gasteiger partial charge in [0.15, 0.2) is 18.1 Å². The number of carbonyl (C=O) groups is 6. The molecule has 2 rings (SSSR count). The molecule has 20 nitrogen and oxygen atoms in total. The van der Waals surface area contributed by atoms with Gasteiger partial charge in [-0.2, -0.15) is 4.57 Å². The molecule has 0 bridgehead atoms. The second kappa shape index (κ2) is 52.8. The van der Waals surface area contributed by atoms with E-state index < -0.39 is 47.6 Å². The summed E-state index contributed by atoms with van der Waals surface area (Å²) in [5.41, 5.74) is -0.429. The van der Waals surface area contributed by atoms with Crippen LogP contribution in [0.4, 0.5) is 0 Å². The Morgan fingerprint density at radius 1 is 0.685 bits per heavy atom. The normalized spacial score (nSPS) is 12.1. The van der Waals surface area contributed by atoms with Crippen LogP contribution in [0.5, 0.6) is 0 Å². The summed E-state index contributed by atoms with van der Waals surface area (Å²) in [5, 5.41) is -0.371. The van der Waals surface area contributed by atoms with Crippen molar-refractivity contribution in [2.75, 3.05) is 58.5 Å². The molecule has 2 aromatic heterocycles. The van der Waals surface area contributed by atoms with Gasteiger partial charge >= 0.3 is 69.9 Å². The summed E-state index contributed by atoms with van der Waals surface area (Å²) in [7, 11) is -1.96. The Labute approximate surface area is 569 Å². The number of nitrogens with zero attached hydrogens (tertiary/aromatic N) is 2. The molecule has 0 saturated heterocycles. The van der Waals surface area contributed by atoms with Crippen LogP contribution >= 0.6 is 56.8 Å². The summed E-state index contributed by atoms with van der Waals surface area (Å²) in [5.74, 6) is -2.42. The quantitative estimate of drug-likeness (QED) is 0.00780. The first kappa shape index (κ1) is 99.0. The summed E-state index contributed by atoms with van der Waals surface area (Å²) in [6, 6.07) is 12.6. The van der Waals surface area contributed by atoms with Crippen molar-refractivity contribution in [3.63, 3.8) is 0 Å². The third kappa shape index (κ3) is 47.0. The van der Waals surface area contributed by atoms with E-state index >= 15 is 0 Å². The minimum atomic E-state index is -4.26. The Morgan fingerprint density at radius 2 is 1.09 bits per heavy atom. The van der Waals surface area contributed by atoms with Gasteiger partial charge in [0, 0.05) is 84.4 Å². The Kier molecular flexibility index (Phi) is 58.8. The van der Waals surface area contributed by atoms with Crippen LogP contribution in [0.15, 0.2) is 79.7 Å². The molecule has 0 aliphatic heterocycles. The minimum Gasteiger partial charge on any atom is 0 e. The van der Waals surface area contributed by atoms with Crippen LogP contribution < -0.4 is 9.13 Å². The zero-order valence-corrected chi connectivity index (χ0v) is 61.1. The molecule has 508 valence electrons. The molecule has 0 spiro atoms. The Hall–Kier alpha value is -3.61. The summed E-state index contributed by atoms with van der Waals surface area (Å²) in [4.78, 5) is 69.3. The van der Waals surface area contributed by atoms with Crippen molar-refractivity contribution in [1.29, 1.82) is 0 Å². The monoisotopic (exact) mass is 1430 g/mol. The van der Waals surface area contributed by atoms with Crippen LogP contribution in [0.1, 0.15) is 158 Å². The van der Waals surface area contributed by atoms with Gasteiger partial charge in [-0.3, -0.25) is 19.2 Å². The molecule has 0 N–H and O–H groups in total. The number of esters is 6. The number of ether oxygens (including phenoxy) is 6. The van der Waals surface area contributed by atoms with E-state index in [4.69, 9.17) is 42.1 Å².